The number of rotatable bonds is 2. The van der Waals surface area contributed by atoms with Crippen molar-refractivity contribution in [2.24, 2.45) is 0 Å². The van der Waals surface area contributed by atoms with Gasteiger partial charge in [0.05, 0.1) is 11.1 Å². The summed E-state index contributed by atoms with van der Waals surface area (Å²) in [5.41, 5.74) is -1.57. The van der Waals surface area contributed by atoms with Crippen LogP contribution < -0.4 is 15.4 Å². The molecule has 9 heteroatoms. The fraction of sp³-hybridized carbons (Fsp3) is 0.133. The van der Waals surface area contributed by atoms with Crippen LogP contribution in [0.4, 0.5) is 24.8 Å². The third kappa shape index (κ3) is 3.14. The Labute approximate surface area is 133 Å². The lowest BCUT2D eigenvalue weighted by Crippen LogP contribution is -2.26. The quantitative estimate of drug-likeness (QED) is 0.883. The van der Waals surface area contributed by atoms with Gasteiger partial charge in [-0.15, -0.1) is 0 Å². The first-order chi connectivity index (χ1) is 11.3. The maximum absolute atomic E-state index is 13.0. The van der Waals surface area contributed by atoms with Crippen molar-refractivity contribution in [3.8, 4) is 5.75 Å². The Bertz CT molecular complexity index is 821. The zero-order valence-electron chi connectivity index (χ0n) is 12.0. The van der Waals surface area contributed by atoms with Gasteiger partial charge in [0, 0.05) is 0 Å². The number of hydrogen-bond acceptors (Lipinski definition) is 4. The molecule has 0 atom stereocenters. The van der Waals surface area contributed by atoms with Gasteiger partial charge in [0.1, 0.15) is 5.82 Å². The summed E-state index contributed by atoms with van der Waals surface area (Å²) in [6, 6.07) is 7.24. The summed E-state index contributed by atoms with van der Waals surface area (Å²) >= 11 is 0. The minimum absolute atomic E-state index is 0.0125. The fourth-order valence-corrected chi connectivity index (χ4v) is 2.15. The molecule has 2 N–H and O–H groups in total. The summed E-state index contributed by atoms with van der Waals surface area (Å²) in [4.78, 5) is 27.3. The van der Waals surface area contributed by atoms with Gasteiger partial charge >= 0.3 is 6.18 Å². The van der Waals surface area contributed by atoms with Crippen molar-refractivity contribution in [2.75, 3.05) is 17.2 Å². The number of carbonyl (C=O) groups excluding carboxylic acids is 2. The molecule has 2 amide bonds. The first-order valence-electron chi connectivity index (χ1n) is 6.76. The number of alkyl halides is 3. The number of amides is 2. The number of halogens is 3. The molecule has 124 valence electrons. The van der Waals surface area contributed by atoms with Crippen LogP contribution in [0, 0.1) is 0 Å². The SMILES string of the molecule is O=C1COc2ccc(NC(=O)c3ccccc3C(F)(F)F)nc2N1. The van der Waals surface area contributed by atoms with Crippen molar-refractivity contribution in [1.82, 2.24) is 4.98 Å². The zero-order valence-corrected chi connectivity index (χ0v) is 12.0. The Morgan fingerprint density at radius 2 is 1.96 bits per heavy atom. The highest BCUT2D eigenvalue weighted by molar-refractivity contribution is 6.05. The molecule has 0 spiro atoms. The molecule has 0 saturated carbocycles. The summed E-state index contributed by atoms with van der Waals surface area (Å²) in [5.74, 6) is -0.989. The second-order valence-electron chi connectivity index (χ2n) is 4.88. The predicted octanol–water partition coefficient (Wildman–Crippen LogP) is 2.68. The van der Waals surface area contributed by atoms with E-state index in [9.17, 15) is 22.8 Å². The third-order valence-electron chi connectivity index (χ3n) is 3.19. The molecule has 3 rings (SSSR count). The highest BCUT2D eigenvalue weighted by Crippen LogP contribution is 2.32. The molecule has 0 saturated heterocycles. The molecule has 6 nitrogen and oxygen atoms in total. The number of carbonyl (C=O) groups is 2. The Morgan fingerprint density at radius 3 is 2.71 bits per heavy atom. The lowest BCUT2D eigenvalue weighted by Gasteiger charge is -2.17. The summed E-state index contributed by atoms with van der Waals surface area (Å²) in [6.07, 6.45) is -4.65. The summed E-state index contributed by atoms with van der Waals surface area (Å²) in [6.45, 7) is -0.153. The highest BCUT2D eigenvalue weighted by atomic mass is 19.4. The summed E-state index contributed by atoms with van der Waals surface area (Å²) in [7, 11) is 0. The lowest BCUT2D eigenvalue weighted by molar-refractivity contribution is -0.137. The molecule has 0 fully saturated rings. The number of hydrogen-bond donors (Lipinski definition) is 2. The zero-order chi connectivity index (χ0) is 17.3. The number of ether oxygens (including phenoxy) is 1. The van der Waals surface area contributed by atoms with E-state index in [4.69, 9.17) is 4.74 Å². The number of nitrogens with one attached hydrogen (secondary N) is 2. The first-order valence-corrected chi connectivity index (χ1v) is 6.76. The van der Waals surface area contributed by atoms with Gasteiger partial charge in [0.25, 0.3) is 11.8 Å². The highest BCUT2D eigenvalue weighted by Gasteiger charge is 2.35. The molecule has 1 aromatic carbocycles. The van der Waals surface area contributed by atoms with Crippen LogP contribution in [0.5, 0.6) is 5.75 Å². The van der Waals surface area contributed by atoms with Crippen molar-refractivity contribution in [1.29, 1.82) is 0 Å². The largest absolute Gasteiger partial charge is 0.480 e. The van der Waals surface area contributed by atoms with Crippen molar-refractivity contribution >= 4 is 23.5 Å². The van der Waals surface area contributed by atoms with Gasteiger partial charge < -0.3 is 15.4 Å². The van der Waals surface area contributed by atoms with Crippen molar-refractivity contribution in [3.63, 3.8) is 0 Å². The van der Waals surface area contributed by atoms with Crippen molar-refractivity contribution in [2.45, 2.75) is 6.18 Å². The molecule has 2 heterocycles. The van der Waals surface area contributed by atoms with Gasteiger partial charge in [-0.2, -0.15) is 13.2 Å². The third-order valence-corrected chi connectivity index (χ3v) is 3.19. The van der Waals surface area contributed by atoms with Crippen molar-refractivity contribution in [3.05, 3.63) is 47.5 Å². The maximum atomic E-state index is 13.0. The molecule has 1 aromatic heterocycles. The van der Waals surface area contributed by atoms with Crippen LogP contribution in [0.3, 0.4) is 0 Å². The molecule has 2 aromatic rings. The van der Waals surface area contributed by atoms with Gasteiger partial charge in [-0.05, 0) is 24.3 Å². The number of aromatic nitrogens is 1. The van der Waals surface area contributed by atoms with E-state index in [1.54, 1.807) is 0 Å². The van der Waals surface area contributed by atoms with Gasteiger partial charge in [-0.1, -0.05) is 12.1 Å². The molecular formula is C15H10F3N3O3. The normalized spacial score (nSPS) is 13.5. The molecule has 24 heavy (non-hydrogen) atoms. The van der Waals surface area contributed by atoms with Crippen molar-refractivity contribution < 1.29 is 27.5 Å². The van der Waals surface area contributed by atoms with E-state index >= 15 is 0 Å². The Morgan fingerprint density at radius 1 is 1.21 bits per heavy atom. The number of fused-ring (bicyclic) bond motifs is 1. The molecule has 1 aliphatic heterocycles. The summed E-state index contributed by atoms with van der Waals surface area (Å²) in [5, 5.41) is 4.72. The molecule has 0 bridgehead atoms. The number of nitrogens with zero attached hydrogens (tertiary/aromatic N) is 1. The van der Waals surface area contributed by atoms with E-state index < -0.39 is 29.1 Å². The standard InChI is InChI=1S/C15H10F3N3O3/c16-15(17,18)9-4-2-1-3-8(9)14(23)20-11-6-5-10-13(19-11)21-12(22)7-24-10/h1-6H,7H2,(H2,19,20,21,22,23). The minimum Gasteiger partial charge on any atom is -0.480 e. The van der Waals surface area contributed by atoms with E-state index in [2.05, 4.69) is 15.6 Å². The Balaban J connectivity index is 1.86. The second kappa shape index (κ2) is 5.84. The van der Waals surface area contributed by atoms with Gasteiger partial charge in [0.2, 0.25) is 0 Å². The van der Waals surface area contributed by atoms with E-state index in [1.165, 1.54) is 24.3 Å². The van der Waals surface area contributed by atoms with E-state index in [-0.39, 0.29) is 18.2 Å². The molecule has 1 aliphatic rings. The lowest BCUT2D eigenvalue weighted by atomic mass is 10.1. The fourth-order valence-electron chi connectivity index (χ4n) is 2.15. The molecule has 0 radical (unpaired) electrons. The number of anilines is 2. The predicted molar refractivity (Wildman–Crippen MR) is 77.8 cm³/mol. The van der Waals surface area contributed by atoms with Crippen LogP contribution in [0.1, 0.15) is 15.9 Å². The molecule has 0 unspecified atom stereocenters. The maximum Gasteiger partial charge on any atom is 0.417 e. The second-order valence-corrected chi connectivity index (χ2v) is 4.88. The number of pyridine rings is 1. The van der Waals surface area contributed by atoms with E-state index in [1.807, 2.05) is 0 Å². The van der Waals surface area contributed by atoms with Gasteiger partial charge in [-0.3, -0.25) is 9.59 Å². The first kappa shape index (κ1) is 15.8. The Hall–Kier alpha value is -3.10. The van der Waals surface area contributed by atoms with Crippen LogP contribution >= 0.6 is 0 Å². The van der Waals surface area contributed by atoms with Crippen LogP contribution in [0.2, 0.25) is 0 Å². The topological polar surface area (TPSA) is 80.3 Å². The van der Waals surface area contributed by atoms with Gasteiger partial charge in [0.15, 0.2) is 18.2 Å². The van der Waals surface area contributed by atoms with Gasteiger partial charge in [-0.25, -0.2) is 4.98 Å². The molecule has 0 aliphatic carbocycles. The van der Waals surface area contributed by atoms with E-state index in [0.29, 0.717) is 5.75 Å². The van der Waals surface area contributed by atoms with Crippen LogP contribution in [-0.2, 0) is 11.0 Å². The van der Waals surface area contributed by atoms with Crippen LogP contribution in [0.25, 0.3) is 0 Å². The average Bonchev–Trinajstić information content (AvgIpc) is 2.53. The smallest absolute Gasteiger partial charge is 0.417 e. The minimum atomic E-state index is -4.65. The average molecular weight is 337 g/mol. The molecular weight excluding hydrogens is 327 g/mol. The van der Waals surface area contributed by atoms with Crippen LogP contribution in [-0.4, -0.2) is 23.4 Å². The Kier molecular flexibility index (Phi) is 3.84. The monoisotopic (exact) mass is 337 g/mol. The van der Waals surface area contributed by atoms with E-state index in [0.717, 1.165) is 12.1 Å². The number of benzene rings is 1. The van der Waals surface area contributed by atoms with Crippen LogP contribution in [0.15, 0.2) is 36.4 Å². The summed E-state index contributed by atoms with van der Waals surface area (Å²) < 4.78 is 44.0.